The van der Waals surface area contributed by atoms with E-state index in [-0.39, 0.29) is 34.7 Å². The summed E-state index contributed by atoms with van der Waals surface area (Å²) in [7, 11) is 0. The van der Waals surface area contributed by atoms with E-state index in [1.54, 1.807) is 6.92 Å². The highest BCUT2D eigenvalue weighted by Crippen LogP contribution is 2.24. The number of piperidine rings is 1. The number of carbonyl (C=O) groups excluding carboxylic acids is 1. The van der Waals surface area contributed by atoms with Crippen molar-refractivity contribution in [2.24, 2.45) is 5.41 Å². The number of hydrogen-bond donors (Lipinski definition) is 3. The van der Waals surface area contributed by atoms with Gasteiger partial charge in [0.2, 0.25) is 0 Å². The number of carbonyl (C=O) groups is 1. The number of amides is 1. The van der Waals surface area contributed by atoms with Crippen LogP contribution < -0.4 is 16.1 Å². The zero-order valence-electron chi connectivity index (χ0n) is 11.9. The fourth-order valence-electron chi connectivity index (χ4n) is 2.41. The molecule has 2 heterocycles. The van der Waals surface area contributed by atoms with Gasteiger partial charge in [-0.25, -0.2) is 0 Å². The molecule has 6 heteroatoms. The third-order valence-electron chi connectivity index (χ3n) is 3.66. The van der Waals surface area contributed by atoms with Gasteiger partial charge in [-0.05, 0) is 31.7 Å². The molecule has 1 unspecified atom stereocenters. The molecule has 1 aliphatic rings. The maximum atomic E-state index is 12.0. The third-order valence-corrected chi connectivity index (χ3v) is 3.66. The predicted molar refractivity (Wildman–Crippen MR) is 81.6 cm³/mol. The van der Waals surface area contributed by atoms with E-state index in [0.29, 0.717) is 6.54 Å². The Balaban J connectivity index is 0.00000200. The van der Waals surface area contributed by atoms with E-state index in [1.807, 2.05) is 0 Å². The standard InChI is InChI=1S/C14H21N3O2.ClH/c1-10-6-12(18)11(7-16-10)13(19)17-9-14(2)4-3-5-15-8-14;/h6-7,15H,3-5,8-9H2,1-2H3,(H,16,18)(H,17,19);1H. The number of aromatic amines is 1. The second-order valence-electron chi connectivity index (χ2n) is 5.67. The number of aromatic nitrogens is 1. The molecule has 1 fully saturated rings. The fraction of sp³-hybridized carbons (Fsp3) is 0.571. The summed E-state index contributed by atoms with van der Waals surface area (Å²) < 4.78 is 0. The summed E-state index contributed by atoms with van der Waals surface area (Å²) in [4.78, 5) is 26.6. The van der Waals surface area contributed by atoms with Gasteiger partial charge in [-0.2, -0.15) is 0 Å². The van der Waals surface area contributed by atoms with Crippen molar-refractivity contribution in [1.29, 1.82) is 0 Å². The lowest BCUT2D eigenvalue weighted by Gasteiger charge is -2.34. The van der Waals surface area contributed by atoms with Crippen LogP contribution in [0.3, 0.4) is 0 Å². The Morgan fingerprint density at radius 2 is 2.25 bits per heavy atom. The minimum Gasteiger partial charge on any atom is -0.364 e. The molecular formula is C14H22ClN3O2. The van der Waals surface area contributed by atoms with Crippen molar-refractivity contribution in [3.63, 3.8) is 0 Å². The van der Waals surface area contributed by atoms with E-state index in [9.17, 15) is 9.59 Å². The minimum absolute atomic E-state index is 0. The van der Waals surface area contributed by atoms with Gasteiger partial charge >= 0.3 is 0 Å². The average Bonchev–Trinajstić information content (AvgIpc) is 2.37. The Morgan fingerprint density at radius 3 is 2.85 bits per heavy atom. The summed E-state index contributed by atoms with van der Waals surface area (Å²) in [5.74, 6) is -0.298. The van der Waals surface area contributed by atoms with Crippen LogP contribution in [-0.2, 0) is 0 Å². The molecule has 5 nitrogen and oxygen atoms in total. The van der Waals surface area contributed by atoms with Crippen molar-refractivity contribution < 1.29 is 4.79 Å². The number of rotatable bonds is 3. The number of nitrogens with one attached hydrogen (secondary N) is 3. The van der Waals surface area contributed by atoms with Gasteiger partial charge in [0.05, 0.1) is 0 Å². The molecular weight excluding hydrogens is 278 g/mol. The van der Waals surface area contributed by atoms with Crippen molar-refractivity contribution in [1.82, 2.24) is 15.6 Å². The number of halogens is 1. The molecule has 20 heavy (non-hydrogen) atoms. The summed E-state index contributed by atoms with van der Waals surface area (Å²) in [5.41, 5.74) is 0.773. The van der Waals surface area contributed by atoms with Crippen molar-refractivity contribution in [2.45, 2.75) is 26.7 Å². The minimum atomic E-state index is -0.298. The first kappa shape index (κ1) is 16.7. The summed E-state index contributed by atoms with van der Waals surface area (Å²) in [5, 5.41) is 6.21. The van der Waals surface area contributed by atoms with Crippen LogP contribution in [0.15, 0.2) is 17.1 Å². The van der Waals surface area contributed by atoms with E-state index in [1.165, 1.54) is 12.3 Å². The molecule has 0 radical (unpaired) electrons. The maximum Gasteiger partial charge on any atom is 0.256 e. The molecule has 0 bridgehead atoms. The van der Waals surface area contributed by atoms with Crippen LogP contribution in [-0.4, -0.2) is 30.5 Å². The average molecular weight is 300 g/mol. The third kappa shape index (κ3) is 4.08. The van der Waals surface area contributed by atoms with Gasteiger partial charge < -0.3 is 15.6 Å². The lowest BCUT2D eigenvalue weighted by atomic mass is 9.83. The number of pyridine rings is 1. The molecule has 1 aromatic heterocycles. The first-order chi connectivity index (χ1) is 9.00. The fourth-order valence-corrected chi connectivity index (χ4v) is 2.41. The molecule has 0 saturated carbocycles. The van der Waals surface area contributed by atoms with E-state index < -0.39 is 0 Å². The Labute approximate surface area is 125 Å². The molecule has 0 aromatic carbocycles. The quantitative estimate of drug-likeness (QED) is 0.786. The number of H-pyrrole nitrogens is 1. The predicted octanol–water partition coefficient (Wildman–Crippen LogP) is 1.22. The van der Waals surface area contributed by atoms with E-state index in [4.69, 9.17) is 0 Å². The van der Waals surface area contributed by atoms with Gasteiger partial charge in [0.1, 0.15) is 5.56 Å². The second kappa shape index (κ2) is 6.90. The summed E-state index contributed by atoms with van der Waals surface area (Å²) in [6.45, 7) is 6.47. The molecule has 1 amide bonds. The first-order valence-corrected chi connectivity index (χ1v) is 6.68. The molecule has 1 aliphatic heterocycles. The maximum absolute atomic E-state index is 12.0. The Morgan fingerprint density at radius 1 is 1.50 bits per heavy atom. The van der Waals surface area contributed by atoms with Crippen molar-refractivity contribution >= 4 is 18.3 Å². The summed E-state index contributed by atoms with van der Waals surface area (Å²) in [6.07, 6.45) is 3.69. The zero-order chi connectivity index (χ0) is 13.9. The molecule has 0 aliphatic carbocycles. The van der Waals surface area contributed by atoms with Gasteiger partial charge in [0, 0.05) is 31.0 Å². The van der Waals surface area contributed by atoms with E-state index >= 15 is 0 Å². The SMILES string of the molecule is Cc1cc(=O)c(C(=O)NCC2(C)CCCNC2)c[nH]1.Cl. The van der Waals surface area contributed by atoms with Gasteiger partial charge in [-0.3, -0.25) is 9.59 Å². The van der Waals surface area contributed by atoms with Crippen LogP contribution >= 0.6 is 12.4 Å². The van der Waals surface area contributed by atoms with Crippen LogP contribution in [0.2, 0.25) is 0 Å². The number of hydrogen-bond acceptors (Lipinski definition) is 3. The lowest BCUT2D eigenvalue weighted by molar-refractivity contribution is 0.0923. The first-order valence-electron chi connectivity index (χ1n) is 6.68. The molecule has 0 spiro atoms. The van der Waals surface area contributed by atoms with Crippen molar-refractivity contribution in [3.05, 3.63) is 33.7 Å². The molecule has 112 valence electrons. The Bertz CT molecular complexity index is 521. The highest BCUT2D eigenvalue weighted by Gasteiger charge is 2.27. The van der Waals surface area contributed by atoms with Crippen LogP contribution in [0.4, 0.5) is 0 Å². The van der Waals surface area contributed by atoms with Crippen molar-refractivity contribution in [3.8, 4) is 0 Å². The second-order valence-corrected chi connectivity index (χ2v) is 5.67. The normalized spacial score (nSPS) is 21.9. The topological polar surface area (TPSA) is 74.0 Å². The van der Waals surface area contributed by atoms with Crippen LogP contribution in [0, 0.1) is 12.3 Å². The van der Waals surface area contributed by atoms with Gasteiger partial charge in [-0.1, -0.05) is 6.92 Å². The van der Waals surface area contributed by atoms with Gasteiger partial charge in [-0.15, -0.1) is 12.4 Å². The molecule has 1 saturated heterocycles. The smallest absolute Gasteiger partial charge is 0.256 e. The van der Waals surface area contributed by atoms with Crippen molar-refractivity contribution in [2.75, 3.05) is 19.6 Å². The molecule has 1 aromatic rings. The summed E-state index contributed by atoms with van der Waals surface area (Å²) in [6, 6.07) is 1.44. The highest BCUT2D eigenvalue weighted by molar-refractivity contribution is 5.93. The monoisotopic (exact) mass is 299 g/mol. The highest BCUT2D eigenvalue weighted by atomic mass is 35.5. The zero-order valence-corrected chi connectivity index (χ0v) is 12.7. The van der Waals surface area contributed by atoms with Crippen LogP contribution in [0.25, 0.3) is 0 Å². The summed E-state index contributed by atoms with van der Waals surface area (Å²) >= 11 is 0. The van der Waals surface area contributed by atoms with E-state index in [2.05, 4.69) is 22.5 Å². The Kier molecular flexibility index (Phi) is 5.77. The molecule has 3 N–H and O–H groups in total. The Hall–Kier alpha value is -1.33. The van der Waals surface area contributed by atoms with Gasteiger partial charge in [0.25, 0.3) is 5.91 Å². The van der Waals surface area contributed by atoms with Crippen LogP contribution in [0.5, 0.6) is 0 Å². The molecule has 2 rings (SSSR count). The van der Waals surface area contributed by atoms with Crippen LogP contribution in [0.1, 0.15) is 35.8 Å². The largest absolute Gasteiger partial charge is 0.364 e. The van der Waals surface area contributed by atoms with Gasteiger partial charge in [0.15, 0.2) is 5.43 Å². The molecule has 1 atom stereocenters. The lowest BCUT2D eigenvalue weighted by Crippen LogP contribution is -2.46. The van der Waals surface area contributed by atoms with E-state index in [0.717, 1.165) is 31.6 Å². The number of aryl methyl sites for hydroxylation is 1.